The minimum Gasteiger partial charge on any atom is -0.466 e. The van der Waals surface area contributed by atoms with Crippen LogP contribution in [-0.2, 0) is 28.6 Å². The van der Waals surface area contributed by atoms with Crippen LogP contribution in [0.4, 0.5) is 17.6 Å². The number of halogens is 4. The van der Waals surface area contributed by atoms with E-state index in [2.05, 4.69) is 5.32 Å². The Morgan fingerprint density at radius 3 is 2.30 bits per heavy atom. The van der Waals surface area contributed by atoms with E-state index < -0.39 is 60.0 Å². The van der Waals surface area contributed by atoms with E-state index in [0.717, 1.165) is 32.2 Å². The van der Waals surface area contributed by atoms with Gasteiger partial charge in [0.05, 0.1) is 36.5 Å². The summed E-state index contributed by atoms with van der Waals surface area (Å²) < 4.78 is 70.5. The number of allylic oxidation sites excluding steroid dienone is 1. The second-order valence-corrected chi connectivity index (χ2v) is 6.96. The molecule has 0 aliphatic carbocycles. The monoisotopic (exact) mass is 473 g/mol. The SMILES string of the molecule is CCOC(=O)C1=C(COC(C)=O)NC(C)=C(C(=O)OC)C1c1cccc(F)c1C(F)C(F)F. The molecule has 1 aromatic rings. The summed E-state index contributed by atoms with van der Waals surface area (Å²) in [7, 11) is 1.05. The van der Waals surface area contributed by atoms with Gasteiger partial charge in [-0.05, 0) is 25.5 Å². The second kappa shape index (κ2) is 11.0. The van der Waals surface area contributed by atoms with Crippen molar-refractivity contribution in [2.75, 3.05) is 20.3 Å². The lowest BCUT2D eigenvalue weighted by atomic mass is 9.77. The normalized spacial score (nSPS) is 16.9. The number of esters is 3. The minimum atomic E-state index is -3.58. The number of carbonyl (C=O) groups is 3. The molecule has 0 amide bonds. The molecule has 2 unspecified atom stereocenters. The Balaban J connectivity index is 2.89. The third-order valence-corrected chi connectivity index (χ3v) is 4.86. The molecule has 33 heavy (non-hydrogen) atoms. The van der Waals surface area contributed by atoms with Gasteiger partial charge in [-0.3, -0.25) is 4.79 Å². The van der Waals surface area contributed by atoms with Gasteiger partial charge >= 0.3 is 17.9 Å². The fourth-order valence-corrected chi connectivity index (χ4v) is 3.55. The van der Waals surface area contributed by atoms with Gasteiger partial charge < -0.3 is 19.5 Å². The highest BCUT2D eigenvalue weighted by atomic mass is 19.3. The lowest BCUT2D eigenvalue weighted by molar-refractivity contribution is -0.142. The van der Waals surface area contributed by atoms with Crippen LogP contribution in [0.2, 0.25) is 0 Å². The average Bonchev–Trinajstić information content (AvgIpc) is 2.75. The summed E-state index contributed by atoms with van der Waals surface area (Å²) >= 11 is 0. The number of alkyl halides is 3. The number of hydrogen-bond acceptors (Lipinski definition) is 7. The Bertz CT molecular complexity index is 1000. The second-order valence-electron chi connectivity index (χ2n) is 6.96. The number of hydrogen-bond donors (Lipinski definition) is 1. The summed E-state index contributed by atoms with van der Waals surface area (Å²) in [5.41, 5.74) is -1.93. The molecule has 2 atom stereocenters. The maximum atomic E-state index is 14.6. The van der Waals surface area contributed by atoms with Crippen LogP contribution in [0.3, 0.4) is 0 Å². The van der Waals surface area contributed by atoms with Crippen LogP contribution in [0.5, 0.6) is 0 Å². The fourth-order valence-electron chi connectivity index (χ4n) is 3.55. The van der Waals surface area contributed by atoms with E-state index in [9.17, 15) is 31.9 Å². The number of methoxy groups -OCH3 is 1. The van der Waals surface area contributed by atoms with Crippen molar-refractivity contribution in [2.24, 2.45) is 0 Å². The summed E-state index contributed by atoms with van der Waals surface area (Å²) in [5.74, 6) is -5.51. The third kappa shape index (κ3) is 5.52. The van der Waals surface area contributed by atoms with Crippen molar-refractivity contribution in [1.29, 1.82) is 0 Å². The highest BCUT2D eigenvalue weighted by Gasteiger charge is 2.42. The Hall–Kier alpha value is -3.37. The summed E-state index contributed by atoms with van der Waals surface area (Å²) in [4.78, 5) is 36.9. The molecular weight excluding hydrogens is 450 g/mol. The lowest BCUT2D eigenvalue weighted by Crippen LogP contribution is -2.35. The number of carbonyl (C=O) groups excluding carboxylic acids is 3. The van der Waals surface area contributed by atoms with Crippen molar-refractivity contribution in [3.8, 4) is 0 Å². The van der Waals surface area contributed by atoms with Gasteiger partial charge in [0.15, 0.2) is 6.17 Å². The van der Waals surface area contributed by atoms with Crippen LogP contribution in [0.1, 0.15) is 44.0 Å². The zero-order valence-corrected chi connectivity index (χ0v) is 18.3. The molecule has 1 aliphatic rings. The summed E-state index contributed by atoms with van der Waals surface area (Å²) in [6.45, 7) is 3.44. The number of benzene rings is 1. The molecule has 1 heterocycles. The maximum Gasteiger partial charge on any atom is 0.336 e. The molecular formula is C22H23F4NO6. The molecule has 0 spiro atoms. The van der Waals surface area contributed by atoms with Crippen LogP contribution in [0.15, 0.2) is 40.7 Å². The lowest BCUT2D eigenvalue weighted by Gasteiger charge is -2.32. The summed E-state index contributed by atoms with van der Waals surface area (Å²) in [6, 6.07) is 3.05. The van der Waals surface area contributed by atoms with Gasteiger partial charge in [0.25, 0.3) is 6.43 Å². The van der Waals surface area contributed by atoms with Crippen molar-refractivity contribution in [3.63, 3.8) is 0 Å². The molecule has 11 heteroatoms. The van der Waals surface area contributed by atoms with Crippen molar-refractivity contribution < 1.29 is 46.2 Å². The van der Waals surface area contributed by atoms with E-state index in [0.29, 0.717) is 0 Å². The first-order valence-corrected chi connectivity index (χ1v) is 9.85. The van der Waals surface area contributed by atoms with E-state index in [4.69, 9.17) is 14.2 Å². The van der Waals surface area contributed by atoms with Gasteiger partial charge in [-0.25, -0.2) is 27.2 Å². The van der Waals surface area contributed by atoms with Crippen LogP contribution < -0.4 is 5.32 Å². The molecule has 1 N–H and O–H groups in total. The highest BCUT2D eigenvalue weighted by molar-refractivity contribution is 6.00. The summed E-state index contributed by atoms with van der Waals surface area (Å²) in [6.07, 6.45) is -6.62. The van der Waals surface area contributed by atoms with Crippen LogP contribution in [-0.4, -0.2) is 44.7 Å². The van der Waals surface area contributed by atoms with Gasteiger partial charge in [0.2, 0.25) is 0 Å². The van der Waals surface area contributed by atoms with Crippen molar-refractivity contribution in [1.82, 2.24) is 5.32 Å². The Morgan fingerprint density at radius 1 is 1.09 bits per heavy atom. The van der Waals surface area contributed by atoms with Crippen LogP contribution in [0.25, 0.3) is 0 Å². The van der Waals surface area contributed by atoms with E-state index in [1.54, 1.807) is 0 Å². The van der Waals surface area contributed by atoms with Crippen LogP contribution in [0, 0.1) is 5.82 Å². The van der Waals surface area contributed by atoms with E-state index in [-0.39, 0.29) is 29.1 Å². The molecule has 0 radical (unpaired) electrons. The zero-order chi connectivity index (χ0) is 24.9. The molecule has 0 bridgehead atoms. The van der Waals surface area contributed by atoms with Gasteiger partial charge in [0, 0.05) is 18.2 Å². The van der Waals surface area contributed by atoms with Crippen LogP contribution >= 0.6 is 0 Å². The van der Waals surface area contributed by atoms with Crippen molar-refractivity contribution in [2.45, 2.75) is 39.3 Å². The predicted octanol–water partition coefficient (Wildman–Crippen LogP) is 3.62. The first kappa shape index (κ1) is 25.9. The maximum absolute atomic E-state index is 14.6. The topological polar surface area (TPSA) is 90.9 Å². The van der Waals surface area contributed by atoms with Crippen molar-refractivity contribution >= 4 is 17.9 Å². The van der Waals surface area contributed by atoms with Gasteiger partial charge in [-0.15, -0.1) is 0 Å². The number of nitrogens with one attached hydrogen (secondary N) is 1. The average molecular weight is 473 g/mol. The highest BCUT2D eigenvalue weighted by Crippen LogP contribution is 2.44. The molecule has 0 saturated carbocycles. The number of rotatable bonds is 8. The van der Waals surface area contributed by atoms with Crippen molar-refractivity contribution in [3.05, 3.63) is 57.7 Å². The van der Waals surface area contributed by atoms with E-state index >= 15 is 0 Å². The first-order valence-electron chi connectivity index (χ1n) is 9.85. The zero-order valence-electron chi connectivity index (χ0n) is 18.3. The Morgan fingerprint density at radius 2 is 1.76 bits per heavy atom. The predicted molar refractivity (Wildman–Crippen MR) is 107 cm³/mol. The minimum absolute atomic E-state index is 0.0403. The smallest absolute Gasteiger partial charge is 0.336 e. The van der Waals surface area contributed by atoms with E-state index in [1.165, 1.54) is 13.8 Å². The number of ether oxygens (including phenoxy) is 3. The number of dihydropyridines is 1. The summed E-state index contributed by atoms with van der Waals surface area (Å²) in [5, 5.41) is 2.76. The van der Waals surface area contributed by atoms with Gasteiger partial charge in [-0.2, -0.15) is 0 Å². The fraction of sp³-hybridized carbons (Fsp3) is 0.409. The molecule has 1 aromatic carbocycles. The molecule has 2 rings (SSSR count). The molecule has 0 saturated heterocycles. The van der Waals surface area contributed by atoms with E-state index in [1.807, 2.05) is 0 Å². The molecule has 180 valence electrons. The molecule has 0 fully saturated rings. The first-order chi connectivity index (χ1) is 15.5. The Kier molecular flexibility index (Phi) is 8.61. The largest absolute Gasteiger partial charge is 0.466 e. The quantitative estimate of drug-likeness (QED) is 0.350. The van der Waals surface area contributed by atoms with Gasteiger partial charge in [-0.1, -0.05) is 12.1 Å². The molecule has 0 aromatic heterocycles. The third-order valence-electron chi connectivity index (χ3n) is 4.86. The molecule has 7 nitrogen and oxygen atoms in total. The van der Waals surface area contributed by atoms with Gasteiger partial charge in [0.1, 0.15) is 12.4 Å². The standard InChI is InChI=1S/C22H23F4NO6/c1-5-32-22(30)18-14(9-33-11(3)28)27-10(2)15(21(29)31-4)17(18)12-7-6-8-13(23)16(12)19(24)20(25)26/h6-8,17,19-20,27H,5,9H2,1-4H3. The molecule has 1 aliphatic heterocycles. The Labute approximate surface area is 187 Å².